The van der Waals surface area contributed by atoms with Gasteiger partial charge in [-0.1, -0.05) is 19.8 Å². The zero-order valence-electron chi connectivity index (χ0n) is 13.4. The van der Waals surface area contributed by atoms with Crippen LogP contribution in [-0.4, -0.2) is 24.7 Å². The summed E-state index contributed by atoms with van der Waals surface area (Å²) < 4.78 is 6.20. The number of thiazole rings is 1. The summed E-state index contributed by atoms with van der Waals surface area (Å²) in [7, 11) is 0. The number of aromatic nitrogens is 1. The maximum absolute atomic E-state index is 6.20. The van der Waals surface area contributed by atoms with E-state index in [1.165, 1.54) is 47.7 Å². The van der Waals surface area contributed by atoms with Gasteiger partial charge in [0.15, 0.2) is 0 Å². The quantitative estimate of drug-likeness (QED) is 0.863. The molecule has 3 nitrogen and oxygen atoms in total. The van der Waals surface area contributed by atoms with Crippen molar-refractivity contribution in [3.05, 3.63) is 15.6 Å². The average Bonchev–Trinajstić information content (AvgIpc) is 3.12. The van der Waals surface area contributed by atoms with Crippen LogP contribution in [-0.2, 0) is 16.8 Å². The molecule has 0 aliphatic heterocycles. The minimum atomic E-state index is -0.0561. The highest BCUT2D eigenvalue weighted by Crippen LogP contribution is 2.46. The van der Waals surface area contributed by atoms with Crippen molar-refractivity contribution in [2.24, 2.45) is 0 Å². The van der Waals surface area contributed by atoms with E-state index in [4.69, 9.17) is 9.72 Å². The van der Waals surface area contributed by atoms with Gasteiger partial charge in [0.2, 0.25) is 0 Å². The Kier molecular flexibility index (Phi) is 4.97. The number of nitrogens with zero attached hydrogens (tertiary/aromatic N) is 1. The Hall–Kier alpha value is -0.450. The maximum atomic E-state index is 6.20. The van der Waals surface area contributed by atoms with Gasteiger partial charge in [-0.25, -0.2) is 4.98 Å². The summed E-state index contributed by atoms with van der Waals surface area (Å²) in [6, 6.07) is 0. The van der Waals surface area contributed by atoms with Gasteiger partial charge in [-0.05, 0) is 45.6 Å². The summed E-state index contributed by atoms with van der Waals surface area (Å²) in [6.45, 7) is 7.21. The van der Waals surface area contributed by atoms with Crippen LogP contribution in [0, 0.1) is 0 Å². The van der Waals surface area contributed by atoms with Crippen LogP contribution in [0.15, 0.2) is 0 Å². The van der Waals surface area contributed by atoms with E-state index >= 15 is 0 Å². The van der Waals surface area contributed by atoms with Crippen molar-refractivity contribution in [3.8, 4) is 0 Å². The van der Waals surface area contributed by atoms with E-state index in [1.807, 2.05) is 11.3 Å². The van der Waals surface area contributed by atoms with E-state index < -0.39 is 0 Å². The Morgan fingerprint density at radius 3 is 2.81 bits per heavy atom. The Labute approximate surface area is 132 Å². The molecule has 3 rings (SSSR count). The minimum Gasteiger partial charge on any atom is -0.368 e. The number of fused-ring (bicyclic) bond motifs is 1. The van der Waals surface area contributed by atoms with Crippen LogP contribution in [0.3, 0.4) is 0 Å². The first-order chi connectivity index (χ1) is 10.3. The van der Waals surface area contributed by atoms with Crippen LogP contribution in [0.25, 0.3) is 0 Å². The summed E-state index contributed by atoms with van der Waals surface area (Å²) in [4.78, 5) is 6.64. The van der Waals surface area contributed by atoms with Gasteiger partial charge < -0.3 is 10.1 Å². The summed E-state index contributed by atoms with van der Waals surface area (Å²) in [5, 5.41) is 4.78. The van der Waals surface area contributed by atoms with Gasteiger partial charge in [-0.15, -0.1) is 11.3 Å². The van der Waals surface area contributed by atoms with E-state index in [2.05, 4.69) is 19.2 Å². The number of hydrogen-bond acceptors (Lipinski definition) is 4. The van der Waals surface area contributed by atoms with Gasteiger partial charge in [-0.3, -0.25) is 0 Å². The van der Waals surface area contributed by atoms with Crippen LogP contribution in [0.1, 0.15) is 73.9 Å². The lowest BCUT2D eigenvalue weighted by Gasteiger charge is -2.26. The smallest absolute Gasteiger partial charge is 0.125 e. The molecule has 0 spiro atoms. The molecule has 118 valence electrons. The van der Waals surface area contributed by atoms with Crippen LogP contribution in [0.2, 0.25) is 0 Å². The molecular weight excluding hydrogens is 280 g/mol. The van der Waals surface area contributed by atoms with Crippen molar-refractivity contribution in [1.82, 2.24) is 10.3 Å². The number of aryl methyl sites for hydroxylation is 1. The molecule has 4 heteroatoms. The molecule has 0 bridgehead atoms. The third-order valence-electron chi connectivity index (χ3n) is 4.93. The largest absolute Gasteiger partial charge is 0.368 e. The molecule has 2 aliphatic carbocycles. The number of likely N-dealkylation sites (N-methyl/N-ethyl adjacent to an activating group) is 1. The highest BCUT2D eigenvalue weighted by molar-refractivity contribution is 7.11. The van der Waals surface area contributed by atoms with Gasteiger partial charge >= 0.3 is 0 Å². The molecule has 1 aromatic rings. The Morgan fingerprint density at radius 1 is 1.29 bits per heavy atom. The molecule has 0 amide bonds. The normalized spacial score (nSPS) is 24.2. The number of hydrogen-bond donors (Lipinski definition) is 1. The van der Waals surface area contributed by atoms with Gasteiger partial charge in [0.05, 0.1) is 5.69 Å². The fourth-order valence-electron chi connectivity index (χ4n) is 3.86. The lowest BCUT2D eigenvalue weighted by Crippen LogP contribution is -2.27. The monoisotopic (exact) mass is 308 g/mol. The Bertz CT molecular complexity index is 465. The van der Waals surface area contributed by atoms with Gasteiger partial charge in [-0.2, -0.15) is 0 Å². The van der Waals surface area contributed by atoms with E-state index in [0.29, 0.717) is 5.92 Å². The maximum Gasteiger partial charge on any atom is 0.125 e. The molecular formula is C17H28N2OS. The van der Waals surface area contributed by atoms with Crippen LogP contribution in [0.5, 0.6) is 0 Å². The van der Waals surface area contributed by atoms with E-state index in [9.17, 15) is 0 Å². The van der Waals surface area contributed by atoms with Crippen LogP contribution < -0.4 is 5.32 Å². The highest BCUT2D eigenvalue weighted by atomic mass is 32.1. The third kappa shape index (κ3) is 3.03. The molecule has 1 aromatic heterocycles. The summed E-state index contributed by atoms with van der Waals surface area (Å²) in [5.41, 5.74) is 1.33. The molecule has 2 aliphatic rings. The minimum absolute atomic E-state index is 0.0561. The fraction of sp³-hybridized carbons (Fsp3) is 0.824. The molecule has 21 heavy (non-hydrogen) atoms. The fourth-order valence-corrected chi connectivity index (χ4v) is 5.25. The predicted octanol–water partition coefficient (Wildman–Crippen LogP) is 3.98. The molecule has 0 radical (unpaired) electrons. The first-order valence-corrected chi connectivity index (χ1v) is 9.45. The summed E-state index contributed by atoms with van der Waals surface area (Å²) >= 11 is 1.94. The van der Waals surface area contributed by atoms with Crippen molar-refractivity contribution in [3.63, 3.8) is 0 Å². The Morgan fingerprint density at radius 2 is 2.10 bits per heavy atom. The molecule has 1 heterocycles. The molecule has 0 aromatic carbocycles. The van der Waals surface area contributed by atoms with Crippen molar-refractivity contribution < 1.29 is 4.74 Å². The van der Waals surface area contributed by atoms with Crippen molar-refractivity contribution in [2.45, 2.75) is 70.3 Å². The topological polar surface area (TPSA) is 34.1 Å². The summed E-state index contributed by atoms with van der Waals surface area (Å²) in [6.07, 6.45) is 8.70. The zero-order valence-corrected chi connectivity index (χ0v) is 14.2. The molecule has 1 N–H and O–H groups in total. The number of nitrogens with one attached hydrogen (secondary N) is 1. The SMILES string of the molecule is CCNCC1CCCc2sc(C3(OCC)CCCC3)nc21. The second-order valence-corrected chi connectivity index (χ2v) is 7.44. The molecule has 1 saturated carbocycles. The molecule has 1 atom stereocenters. The van der Waals surface area contributed by atoms with E-state index in [-0.39, 0.29) is 5.60 Å². The summed E-state index contributed by atoms with van der Waals surface area (Å²) in [5.74, 6) is 0.610. The lowest BCUT2D eigenvalue weighted by atomic mass is 9.91. The Balaban J connectivity index is 1.86. The average molecular weight is 308 g/mol. The third-order valence-corrected chi connectivity index (χ3v) is 6.25. The van der Waals surface area contributed by atoms with Gasteiger partial charge in [0, 0.05) is 23.9 Å². The first-order valence-electron chi connectivity index (χ1n) is 8.64. The second-order valence-electron chi connectivity index (χ2n) is 6.36. The van der Waals surface area contributed by atoms with Gasteiger partial charge in [0.1, 0.15) is 10.6 Å². The second kappa shape index (κ2) is 6.76. The standard InChI is InChI=1S/C17H28N2OS/c1-3-18-12-13-8-7-9-14-15(13)19-16(21-14)17(20-4-2)10-5-6-11-17/h13,18H,3-12H2,1-2H3. The number of rotatable bonds is 6. The van der Waals surface area contributed by atoms with Crippen molar-refractivity contribution in [1.29, 1.82) is 0 Å². The predicted molar refractivity (Wildman–Crippen MR) is 88.1 cm³/mol. The molecule has 0 saturated heterocycles. The molecule has 1 fully saturated rings. The molecule has 1 unspecified atom stereocenters. The zero-order chi connectivity index (χ0) is 14.7. The van der Waals surface area contributed by atoms with E-state index in [1.54, 1.807) is 0 Å². The first kappa shape index (κ1) is 15.4. The lowest BCUT2D eigenvalue weighted by molar-refractivity contribution is -0.0392. The van der Waals surface area contributed by atoms with Crippen molar-refractivity contribution in [2.75, 3.05) is 19.7 Å². The van der Waals surface area contributed by atoms with Gasteiger partial charge in [0.25, 0.3) is 0 Å². The highest BCUT2D eigenvalue weighted by Gasteiger charge is 2.40. The van der Waals surface area contributed by atoms with Crippen LogP contribution >= 0.6 is 11.3 Å². The van der Waals surface area contributed by atoms with Crippen LogP contribution in [0.4, 0.5) is 0 Å². The van der Waals surface area contributed by atoms with E-state index in [0.717, 1.165) is 32.5 Å². The van der Waals surface area contributed by atoms with Crippen molar-refractivity contribution >= 4 is 11.3 Å². The number of ether oxygens (including phenoxy) is 1.